The summed E-state index contributed by atoms with van der Waals surface area (Å²) < 4.78 is 0. The van der Waals surface area contributed by atoms with Crippen LogP contribution < -0.4 is 4.90 Å². The molecule has 0 fully saturated rings. The van der Waals surface area contributed by atoms with Gasteiger partial charge in [-0.2, -0.15) is 0 Å². The van der Waals surface area contributed by atoms with Crippen LogP contribution in [-0.4, -0.2) is 13.0 Å². The lowest BCUT2D eigenvalue weighted by atomic mass is 10.0. The van der Waals surface area contributed by atoms with Gasteiger partial charge in [0.2, 0.25) is 5.91 Å². The highest BCUT2D eigenvalue weighted by molar-refractivity contribution is 5.90. The third-order valence-electron chi connectivity index (χ3n) is 2.44. The number of carbonyl (C=O) groups excluding carboxylic acids is 1. The van der Waals surface area contributed by atoms with Gasteiger partial charge in [0, 0.05) is 19.7 Å². The smallest absolute Gasteiger partial charge is 0.223 e. The normalized spacial score (nSPS) is 10.5. The quantitative estimate of drug-likeness (QED) is 0.743. The van der Waals surface area contributed by atoms with E-state index in [4.69, 9.17) is 0 Å². The van der Waals surface area contributed by atoms with Crippen LogP contribution >= 0.6 is 0 Å². The number of amides is 1. The van der Waals surface area contributed by atoms with Crippen LogP contribution in [0, 0.1) is 5.92 Å². The van der Waals surface area contributed by atoms with Gasteiger partial charge in [0.1, 0.15) is 0 Å². The van der Waals surface area contributed by atoms with E-state index in [0.29, 0.717) is 5.92 Å². The lowest BCUT2D eigenvalue weighted by Crippen LogP contribution is -2.22. The van der Waals surface area contributed by atoms with Crippen LogP contribution in [0.3, 0.4) is 0 Å². The average Bonchev–Trinajstić information content (AvgIpc) is 2.17. The monoisotopic (exact) mass is 205 g/mol. The van der Waals surface area contributed by atoms with Crippen molar-refractivity contribution in [3.8, 4) is 0 Å². The first-order chi connectivity index (χ1) is 7.00. The number of nitrogens with zero attached hydrogens (tertiary/aromatic N) is 1. The Morgan fingerprint density at radius 2 is 1.80 bits per heavy atom. The second kappa shape index (κ2) is 4.96. The van der Waals surface area contributed by atoms with Gasteiger partial charge in [0.15, 0.2) is 0 Å². The van der Waals surface area contributed by atoms with E-state index < -0.39 is 0 Å². The van der Waals surface area contributed by atoms with E-state index in [1.54, 1.807) is 18.9 Å². The van der Waals surface area contributed by atoms with Crippen LogP contribution in [-0.2, 0) is 11.2 Å². The molecule has 0 aliphatic rings. The van der Waals surface area contributed by atoms with Crippen LogP contribution in [0.4, 0.5) is 5.69 Å². The van der Waals surface area contributed by atoms with E-state index in [-0.39, 0.29) is 5.91 Å². The van der Waals surface area contributed by atoms with Crippen LogP contribution in [0.1, 0.15) is 26.3 Å². The van der Waals surface area contributed by atoms with Gasteiger partial charge in [-0.25, -0.2) is 0 Å². The Balaban J connectivity index is 2.76. The van der Waals surface area contributed by atoms with Gasteiger partial charge in [0.05, 0.1) is 0 Å². The molecule has 0 N–H and O–H groups in total. The minimum absolute atomic E-state index is 0.0617. The first-order valence-electron chi connectivity index (χ1n) is 5.34. The Morgan fingerprint density at radius 1 is 1.27 bits per heavy atom. The first-order valence-corrected chi connectivity index (χ1v) is 5.34. The lowest BCUT2D eigenvalue weighted by Gasteiger charge is -2.15. The number of carbonyl (C=O) groups is 1. The summed E-state index contributed by atoms with van der Waals surface area (Å²) in [6, 6.07) is 8.18. The fraction of sp³-hybridized carbons (Fsp3) is 0.462. The third-order valence-corrected chi connectivity index (χ3v) is 2.44. The van der Waals surface area contributed by atoms with Crippen molar-refractivity contribution in [2.24, 2.45) is 5.92 Å². The highest BCUT2D eigenvalue weighted by atomic mass is 16.2. The summed E-state index contributed by atoms with van der Waals surface area (Å²) in [4.78, 5) is 12.8. The van der Waals surface area contributed by atoms with E-state index in [2.05, 4.69) is 26.0 Å². The van der Waals surface area contributed by atoms with E-state index in [9.17, 15) is 4.79 Å². The van der Waals surface area contributed by atoms with Crippen LogP contribution in [0.15, 0.2) is 24.3 Å². The number of anilines is 1. The van der Waals surface area contributed by atoms with Gasteiger partial charge in [-0.1, -0.05) is 26.0 Å². The van der Waals surface area contributed by atoms with Crippen molar-refractivity contribution in [2.45, 2.75) is 27.2 Å². The molecule has 1 amide bonds. The lowest BCUT2D eigenvalue weighted by molar-refractivity contribution is -0.116. The van der Waals surface area contributed by atoms with Gasteiger partial charge < -0.3 is 4.90 Å². The fourth-order valence-electron chi connectivity index (χ4n) is 1.51. The van der Waals surface area contributed by atoms with Crippen molar-refractivity contribution in [1.82, 2.24) is 0 Å². The minimum atomic E-state index is 0.0617. The summed E-state index contributed by atoms with van der Waals surface area (Å²) in [5, 5.41) is 0. The van der Waals surface area contributed by atoms with Gasteiger partial charge in [0.25, 0.3) is 0 Å². The second-order valence-electron chi connectivity index (χ2n) is 4.34. The molecule has 1 aromatic rings. The summed E-state index contributed by atoms with van der Waals surface area (Å²) in [5.74, 6) is 0.730. The summed E-state index contributed by atoms with van der Waals surface area (Å²) in [5.41, 5.74) is 2.28. The van der Waals surface area contributed by atoms with Crippen molar-refractivity contribution in [3.63, 3.8) is 0 Å². The van der Waals surface area contributed by atoms with Crippen LogP contribution in [0.5, 0.6) is 0 Å². The molecule has 0 aliphatic carbocycles. The molecule has 0 atom stereocenters. The average molecular weight is 205 g/mol. The maximum Gasteiger partial charge on any atom is 0.223 e. The second-order valence-corrected chi connectivity index (χ2v) is 4.34. The number of rotatable bonds is 3. The Bertz CT molecular complexity index is 327. The molecule has 1 rings (SSSR count). The van der Waals surface area contributed by atoms with Gasteiger partial charge >= 0.3 is 0 Å². The highest BCUT2D eigenvalue weighted by Crippen LogP contribution is 2.15. The first kappa shape index (κ1) is 11.8. The standard InChI is InChI=1S/C13H19NO/c1-10(2)9-12-5-7-13(8-6-12)14(4)11(3)15/h5-8,10H,9H2,1-4H3. The van der Waals surface area contributed by atoms with E-state index in [0.717, 1.165) is 12.1 Å². The maximum absolute atomic E-state index is 11.1. The molecule has 0 heterocycles. The molecule has 2 nitrogen and oxygen atoms in total. The van der Waals surface area contributed by atoms with E-state index >= 15 is 0 Å². The van der Waals surface area contributed by atoms with Crippen molar-refractivity contribution < 1.29 is 4.79 Å². The Kier molecular flexibility index (Phi) is 3.89. The Labute approximate surface area is 91.9 Å². The zero-order valence-corrected chi connectivity index (χ0v) is 9.95. The SMILES string of the molecule is CC(=O)N(C)c1ccc(CC(C)C)cc1. The Morgan fingerprint density at radius 3 is 2.20 bits per heavy atom. The summed E-state index contributed by atoms with van der Waals surface area (Å²) in [6.07, 6.45) is 1.09. The van der Waals surface area contributed by atoms with Crippen molar-refractivity contribution >= 4 is 11.6 Å². The molecule has 0 bridgehead atoms. The Hall–Kier alpha value is -1.31. The number of hydrogen-bond donors (Lipinski definition) is 0. The van der Waals surface area contributed by atoms with Gasteiger partial charge in [-0.05, 0) is 30.0 Å². The molecule has 0 aliphatic heterocycles. The molecule has 1 aromatic carbocycles. The molecule has 0 saturated carbocycles. The molecule has 0 saturated heterocycles. The van der Waals surface area contributed by atoms with Crippen LogP contribution in [0.2, 0.25) is 0 Å². The summed E-state index contributed by atoms with van der Waals surface area (Å²) >= 11 is 0. The molecular formula is C13H19NO. The number of hydrogen-bond acceptors (Lipinski definition) is 1. The van der Waals surface area contributed by atoms with E-state index in [1.807, 2.05) is 12.1 Å². The zero-order chi connectivity index (χ0) is 11.4. The third kappa shape index (κ3) is 3.39. The summed E-state index contributed by atoms with van der Waals surface area (Å²) in [6.45, 7) is 5.98. The van der Waals surface area contributed by atoms with Crippen molar-refractivity contribution in [3.05, 3.63) is 29.8 Å². The fourth-order valence-corrected chi connectivity index (χ4v) is 1.51. The minimum Gasteiger partial charge on any atom is -0.316 e. The molecule has 15 heavy (non-hydrogen) atoms. The summed E-state index contributed by atoms with van der Waals surface area (Å²) in [7, 11) is 1.79. The topological polar surface area (TPSA) is 20.3 Å². The van der Waals surface area contributed by atoms with Gasteiger partial charge in [-0.3, -0.25) is 4.79 Å². The molecule has 0 radical (unpaired) electrons. The zero-order valence-electron chi connectivity index (χ0n) is 9.95. The molecule has 0 aromatic heterocycles. The predicted molar refractivity (Wildman–Crippen MR) is 64.1 cm³/mol. The molecule has 0 spiro atoms. The highest BCUT2D eigenvalue weighted by Gasteiger charge is 2.05. The van der Waals surface area contributed by atoms with Crippen molar-refractivity contribution in [2.75, 3.05) is 11.9 Å². The maximum atomic E-state index is 11.1. The largest absolute Gasteiger partial charge is 0.316 e. The molecule has 82 valence electrons. The molecular weight excluding hydrogens is 186 g/mol. The number of benzene rings is 1. The van der Waals surface area contributed by atoms with Gasteiger partial charge in [-0.15, -0.1) is 0 Å². The predicted octanol–water partition coefficient (Wildman–Crippen LogP) is 2.87. The molecule has 2 heteroatoms. The molecule has 0 unspecified atom stereocenters. The van der Waals surface area contributed by atoms with Crippen molar-refractivity contribution in [1.29, 1.82) is 0 Å². The van der Waals surface area contributed by atoms with E-state index in [1.165, 1.54) is 5.56 Å². The van der Waals surface area contributed by atoms with Crippen LogP contribution in [0.25, 0.3) is 0 Å².